The van der Waals surface area contributed by atoms with Crippen molar-refractivity contribution < 1.29 is 14.3 Å². The van der Waals surface area contributed by atoms with Crippen molar-refractivity contribution in [2.24, 2.45) is 0 Å². The van der Waals surface area contributed by atoms with Crippen LogP contribution in [0.4, 0.5) is 0 Å². The van der Waals surface area contributed by atoms with Gasteiger partial charge < -0.3 is 14.8 Å². The maximum absolute atomic E-state index is 12.3. The van der Waals surface area contributed by atoms with Gasteiger partial charge in [-0.2, -0.15) is 0 Å². The molecule has 2 aromatic carbocycles. The average molecular weight is 391 g/mol. The van der Waals surface area contributed by atoms with Gasteiger partial charge in [-0.1, -0.05) is 24.3 Å². The number of fused-ring (bicyclic) bond motifs is 1. The lowest BCUT2D eigenvalue weighted by molar-refractivity contribution is -0.124. The fraction of sp³-hybridized carbons (Fsp3) is 0.304. The van der Waals surface area contributed by atoms with E-state index in [4.69, 9.17) is 9.47 Å². The Balaban J connectivity index is 1.36. The van der Waals surface area contributed by atoms with E-state index in [1.165, 1.54) is 0 Å². The number of methoxy groups -OCH3 is 1. The standard InChI is InChI=1S/C23H25N3O3/c1-28-21-8-7-17-12-19(6-5-18(17)13-21)22-15-26(10-11-29-22)16-23(27)25-14-20-4-2-3-9-24-20/h2-9,12-13,22H,10-11,14-16H2,1H3,(H,25,27)/t22-/m1/s1. The van der Waals surface area contributed by atoms with Crippen molar-refractivity contribution in [3.63, 3.8) is 0 Å². The number of morpholine rings is 1. The molecule has 0 aliphatic carbocycles. The third-order valence-electron chi connectivity index (χ3n) is 5.15. The third-order valence-corrected chi connectivity index (χ3v) is 5.15. The van der Waals surface area contributed by atoms with Gasteiger partial charge in [-0.05, 0) is 46.7 Å². The largest absolute Gasteiger partial charge is 0.497 e. The van der Waals surface area contributed by atoms with Gasteiger partial charge in [-0.15, -0.1) is 0 Å². The molecule has 6 heteroatoms. The van der Waals surface area contributed by atoms with Crippen LogP contribution in [-0.4, -0.2) is 49.1 Å². The predicted octanol–water partition coefficient (Wildman–Crippen LogP) is 2.93. The van der Waals surface area contributed by atoms with Crippen LogP contribution < -0.4 is 10.1 Å². The molecule has 4 rings (SSSR count). The number of rotatable bonds is 6. The van der Waals surface area contributed by atoms with Gasteiger partial charge in [0.2, 0.25) is 5.91 Å². The summed E-state index contributed by atoms with van der Waals surface area (Å²) in [5, 5.41) is 5.22. The van der Waals surface area contributed by atoms with E-state index in [1.807, 2.05) is 30.3 Å². The molecule has 1 aliphatic heterocycles. The first-order valence-electron chi connectivity index (χ1n) is 9.79. The zero-order valence-electron chi connectivity index (χ0n) is 16.5. The minimum absolute atomic E-state index is 0.00177. The molecular formula is C23H25N3O3. The topological polar surface area (TPSA) is 63.7 Å². The molecule has 6 nitrogen and oxygen atoms in total. The quantitative estimate of drug-likeness (QED) is 0.700. The average Bonchev–Trinajstić information content (AvgIpc) is 2.78. The van der Waals surface area contributed by atoms with Crippen molar-refractivity contribution in [2.45, 2.75) is 12.6 Å². The number of nitrogens with one attached hydrogen (secondary N) is 1. The molecule has 0 unspecified atom stereocenters. The summed E-state index contributed by atoms with van der Waals surface area (Å²) < 4.78 is 11.3. The van der Waals surface area contributed by atoms with Crippen LogP contribution in [-0.2, 0) is 16.1 Å². The molecule has 0 radical (unpaired) electrons. The normalized spacial score (nSPS) is 17.2. The maximum atomic E-state index is 12.3. The number of hydrogen-bond acceptors (Lipinski definition) is 5. The Hall–Kier alpha value is -2.96. The molecular weight excluding hydrogens is 366 g/mol. The van der Waals surface area contributed by atoms with E-state index in [0.29, 0.717) is 26.2 Å². The van der Waals surface area contributed by atoms with Gasteiger partial charge in [0, 0.05) is 19.3 Å². The van der Waals surface area contributed by atoms with Crippen LogP contribution in [0.2, 0.25) is 0 Å². The van der Waals surface area contributed by atoms with Gasteiger partial charge in [0.25, 0.3) is 0 Å². The first kappa shape index (κ1) is 19.4. The Morgan fingerprint density at radius 1 is 1.21 bits per heavy atom. The van der Waals surface area contributed by atoms with Crippen molar-refractivity contribution >= 4 is 16.7 Å². The molecule has 1 amide bonds. The summed E-state index contributed by atoms with van der Waals surface area (Å²) in [5.74, 6) is 0.851. The summed E-state index contributed by atoms with van der Waals surface area (Å²) in [5.41, 5.74) is 1.98. The van der Waals surface area contributed by atoms with E-state index in [1.54, 1.807) is 13.3 Å². The number of aromatic nitrogens is 1. The Kier molecular flexibility index (Phi) is 6.03. The lowest BCUT2D eigenvalue weighted by atomic mass is 10.0. The lowest BCUT2D eigenvalue weighted by Crippen LogP contribution is -2.44. The molecule has 1 aromatic heterocycles. The molecule has 1 saturated heterocycles. The highest BCUT2D eigenvalue weighted by Gasteiger charge is 2.23. The molecule has 0 bridgehead atoms. The van der Waals surface area contributed by atoms with Gasteiger partial charge in [0.05, 0.1) is 38.6 Å². The van der Waals surface area contributed by atoms with Gasteiger partial charge >= 0.3 is 0 Å². The first-order valence-corrected chi connectivity index (χ1v) is 9.79. The molecule has 1 aliphatic rings. The van der Waals surface area contributed by atoms with Crippen molar-refractivity contribution in [3.8, 4) is 5.75 Å². The van der Waals surface area contributed by atoms with E-state index in [9.17, 15) is 4.79 Å². The van der Waals surface area contributed by atoms with Gasteiger partial charge in [-0.25, -0.2) is 0 Å². The van der Waals surface area contributed by atoms with E-state index in [-0.39, 0.29) is 12.0 Å². The molecule has 0 saturated carbocycles. The van der Waals surface area contributed by atoms with Crippen molar-refractivity contribution in [2.75, 3.05) is 33.4 Å². The summed E-state index contributed by atoms with van der Waals surface area (Å²) >= 11 is 0. The van der Waals surface area contributed by atoms with Crippen LogP contribution in [0.3, 0.4) is 0 Å². The molecule has 1 fully saturated rings. The molecule has 29 heavy (non-hydrogen) atoms. The van der Waals surface area contributed by atoms with Gasteiger partial charge in [0.1, 0.15) is 5.75 Å². The summed E-state index contributed by atoms with van der Waals surface area (Å²) in [6.45, 7) is 2.86. The first-order chi connectivity index (χ1) is 14.2. The molecule has 2 heterocycles. The highest BCUT2D eigenvalue weighted by atomic mass is 16.5. The number of benzene rings is 2. The van der Waals surface area contributed by atoms with E-state index >= 15 is 0 Å². The molecule has 150 valence electrons. The highest BCUT2D eigenvalue weighted by molar-refractivity contribution is 5.84. The fourth-order valence-electron chi connectivity index (χ4n) is 3.57. The zero-order valence-corrected chi connectivity index (χ0v) is 16.5. The van der Waals surface area contributed by atoms with Crippen LogP contribution in [0, 0.1) is 0 Å². The number of hydrogen-bond donors (Lipinski definition) is 1. The Labute approximate surface area is 170 Å². The van der Waals surface area contributed by atoms with Crippen LogP contribution >= 0.6 is 0 Å². The fourth-order valence-corrected chi connectivity index (χ4v) is 3.57. The minimum Gasteiger partial charge on any atom is -0.497 e. The summed E-state index contributed by atoms with van der Waals surface area (Å²) in [6, 6.07) is 18.1. The second kappa shape index (κ2) is 9.03. The molecule has 0 spiro atoms. The number of ether oxygens (including phenoxy) is 2. The zero-order chi connectivity index (χ0) is 20.1. The number of amides is 1. The van der Waals surface area contributed by atoms with Crippen LogP contribution in [0.25, 0.3) is 10.8 Å². The summed E-state index contributed by atoms with van der Waals surface area (Å²) in [4.78, 5) is 18.7. The SMILES string of the molecule is COc1ccc2cc([C@H]3CN(CC(=O)NCc4ccccn4)CCO3)ccc2c1. The van der Waals surface area contributed by atoms with Crippen molar-refractivity contribution in [1.29, 1.82) is 0 Å². The Morgan fingerprint density at radius 3 is 2.90 bits per heavy atom. The van der Waals surface area contributed by atoms with Gasteiger partial charge in [0.15, 0.2) is 0 Å². The number of carbonyl (C=O) groups excluding carboxylic acids is 1. The van der Waals surface area contributed by atoms with E-state index in [2.05, 4.69) is 39.5 Å². The van der Waals surface area contributed by atoms with Crippen molar-refractivity contribution in [1.82, 2.24) is 15.2 Å². The number of carbonyl (C=O) groups is 1. The Bertz CT molecular complexity index is 978. The second-order valence-corrected chi connectivity index (χ2v) is 7.16. The van der Waals surface area contributed by atoms with Crippen molar-refractivity contribution in [3.05, 3.63) is 72.1 Å². The maximum Gasteiger partial charge on any atom is 0.234 e. The summed E-state index contributed by atoms with van der Waals surface area (Å²) in [7, 11) is 1.67. The summed E-state index contributed by atoms with van der Waals surface area (Å²) in [6.07, 6.45) is 1.69. The van der Waals surface area contributed by atoms with E-state index < -0.39 is 0 Å². The van der Waals surface area contributed by atoms with Crippen LogP contribution in [0.15, 0.2) is 60.8 Å². The lowest BCUT2D eigenvalue weighted by Gasteiger charge is -2.32. The van der Waals surface area contributed by atoms with E-state index in [0.717, 1.165) is 34.3 Å². The predicted molar refractivity (Wildman–Crippen MR) is 112 cm³/mol. The molecule has 1 N–H and O–H groups in total. The molecule has 3 aromatic rings. The number of nitrogens with zero attached hydrogens (tertiary/aromatic N) is 2. The Morgan fingerprint density at radius 2 is 2.07 bits per heavy atom. The minimum atomic E-state index is -0.0427. The third kappa shape index (κ3) is 4.91. The molecule has 1 atom stereocenters. The van der Waals surface area contributed by atoms with Crippen LogP contribution in [0.5, 0.6) is 5.75 Å². The smallest absolute Gasteiger partial charge is 0.234 e. The van der Waals surface area contributed by atoms with Gasteiger partial charge in [-0.3, -0.25) is 14.7 Å². The van der Waals surface area contributed by atoms with Crippen LogP contribution in [0.1, 0.15) is 17.4 Å². The second-order valence-electron chi connectivity index (χ2n) is 7.16. The monoisotopic (exact) mass is 391 g/mol. The highest BCUT2D eigenvalue weighted by Crippen LogP contribution is 2.27. The number of pyridine rings is 1.